The molecular weight excluding hydrogens is 254 g/mol. The summed E-state index contributed by atoms with van der Waals surface area (Å²) in [5, 5.41) is 2.02. The zero-order valence-corrected chi connectivity index (χ0v) is 11.2. The van der Waals surface area contributed by atoms with Crippen molar-refractivity contribution in [1.29, 1.82) is 0 Å². The number of nitrogens with zero attached hydrogens (tertiary/aromatic N) is 1. The van der Waals surface area contributed by atoms with E-state index in [4.69, 9.17) is 11.6 Å². The van der Waals surface area contributed by atoms with Crippen LogP contribution in [0.1, 0.15) is 18.9 Å². The summed E-state index contributed by atoms with van der Waals surface area (Å²) in [6.07, 6.45) is 0.935. The van der Waals surface area contributed by atoms with Crippen molar-refractivity contribution >= 4 is 22.9 Å². The number of hydrogen-bond acceptors (Lipinski definition) is 2. The number of halogens is 1. The van der Waals surface area contributed by atoms with Crippen molar-refractivity contribution in [3.8, 4) is 10.6 Å². The lowest BCUT2D eigenvalue weighted by atomic mass is 10.2. The fourth-order valence-corrected chi connectivity index (χ4v) is 2.77. The molecule has 17 heavy (non-hydrogen) atoms. The van der Waals surface area contributed by atoms with Crippen molar-refractivity contribution in [2.75, 3.05) is 0 Å². The molecule has 0 aromatic carbocycles. The zero-order chi connectivity index (χ0) is 12.3. The van der Waals surface area contributed by atoms with Gasteiger partial charge in [0, 0.05) is 12.1 Å². The van der Waals surface area contributed by atoms with Gasteiger partial charge in [0.25, 0.3) is 5.56 Å². The Hall–Kier alpha value is -1.06. The molecule has 0 fully saturated rings. The Morgan fingerprint density at radius 2 is 2.18 bits per heavy atom. The first kappa shape index (κ1) is 12.4. The molecule has 0 saturated carbocycles. The molecule has 2 aromatic rings. The second-order valence-electron chi connectivity index (χ2n) is 3.81. The molecule has 4 heteroatoms. The molecule has 0 aliphatic rings. The Bertz CT molecular complexity index is 545. The first-order valence-corrected chi connectivity index (χ1v) is 7.02. The first-order valence-electron chi connectivity index (χ1n) is 5.60. The molecule has 90 valence electrons. The zero-order valence-electron chi connectivity index (χ0n) is 9.65. The summed E-state index contributed by atoms with van der Waals surface area (Å²) >= 11 is 7.42. The molecule has 2 heterocycles. The lowest BCUT2D eigenvalue weighted by molar-refractivity contribution is 0.657. The van der Waals surface area contributed by atoms with Gasteiger partial charge in [-0.1, -0.05) is 19.1 Å². The van der Waals surface area contributed by atoms with Crippen LogP contribution in [-0.4, -0.2) is 4.57 Å². The maximum Gasteiger partial charge on any atom is 0.255 e. The van der Waals surface area contributed by atoms with Gasteiger partial charge in [-0.15, -0.1) is 22.9 Å². The van der Waals surface area contributed by atoms with Gasteiger partial charge >= 0.3 is 0 Å². The quantitative estimate of drug-likeness (QED) is 0.774. The van der Waals surface area contributed by atoms with Gasteiger partial charge in [0.15, 0.2) is 0 Å². The van der Waals surface area contributed by atoms with Crippen LogP contribution in [0.3, 0.4) is 0 Å². The Labute approximate surface area is 109 Å². The summed E-state index contributed by atoms with van der Waals surface area (Å²) in [5.41, 5.74) is 1.69. The Morgan fingerprint density at radius 1 is 1.35 bits per heavy atom. The Balaban J connectivity index is 2.60. The third-order valence-electron chi connectivity index (χ3n) is 2.62. The highest BCUT2D eigenvalue weighted by atomic mass is 35.5. The van der Waals surface area contributed by atoms with Gasteiger partial charge in [-0.05, 0) is 23.9 Å². The topological polar surface area (TPSA) is 22.0 Å². The molecule has 0 unspecified atom stereocenters. The molecule has 0 saturated heterocycles. The van der Waals surface area contributed by atoms with E-state index in [1.807, 2.05) is 34.2 Å². The summed E-state index contributed by atoms with van der Waals surface area (Å²) in [6.45, 7) is 2.80. The van der Waals surface area contributed by atoms with E-state index in [9.17, 15) is 4.79 Å². The predicted octanol–water partition coefficient (Wildman–Crippen LogP) is 3.73. The fourth-order valence-electron chi connectivity index (χ4n) is 1.81. The normalized spacial score (nSPS) is 10.7. The second kappa shape index (κ2) is 5.52. The smallest absolute Gasteiger partial charge is 0.255 e. The molecule has 0 atom stereocenters. The van der Waals surface area contributed by atoms with E-state index in [0.29, 0.717) is 5.56 Å². The molecule has 0 bridgehead atoms. The van der Waals surface area contributed by atoms with Gasteiger partial charge in [-0.2, -0.15) is 0 Å². The number of hydrogen-bond donors (Lipinski definition) is 0. The van der Waals surface area contributed by atoms with Crippen LogP contribution in [0.2, 0.25) is 0 Å². The number of alkyl halides is 1. The highest BCUT2D eigenvalue weighted by Crippen LogP contribution is 2.24. The van der Waals surface area contributed by atoms with Crippen molar-refractivity contribution < 1.29 is 0 Å². The third kappa shape index (κ3) is 2.45. The summed E-state index contributed by atoms with van der Waals surface area (Å²) in [7, 11) is 0. The van der Waals surface area contributed by atoms with Crippen molar-refractivity contribution in [2.45, 2.75) is 25.8 Å². The van der Waals surface area contributed by atoms with Crippen molar-refractivity contribution in [1.82, 2.24) is 4.57 Å². The number of rotatable bonds is 4. The molecule has 0 radical (unpaired) electrons. The predicted molar refractivity (Wildman–Crippen MR) is 73.9 cm³/mol. The summed E-state index contributed by atoms with van der Waals surface area (Å²) in [4.78, 5) is 13.3. The van der Waals surface area contributed by atoms with Crippen LogP contribution >= 0.6 is 22.9 Å². The highest BCUT2D eigenvalue weighted by Gasteiger charge is 2.09. The minimum Gasteiger partial charge on any atom is -0.307 e. The van der Waals surface area contributed by atoms with Crippen molar-refractivity contribution in [3.05, 3.63) is 45.6 Å². The minimum atomic E-state index is 0.0350. The van der Waals surface area contributed by atoms with Gasteiger partial charge in [-0.3, -0.25) is 4.79 Å². The summed E-state index contributed by atoms with van der Waals surface area (Å²) in [6, 6.07) is 7.85. The fraction of sp³-hybridized carbons (Fsp3) is 0.308. The standard InChI is InChI=1S/C13H14ClNOS/c1-2-7-15-11(12-4-3-8-17-12)6-5-10(9-14)13(15)16/h3-6,8H,2,7,9H2,1H3. The van der Waals surface area contributed by atoms with Crippen LogP contribution < -0.4 is 5.56 Å². The Morgan fingerprint density at radius 3 is 2.76 bits per heavy atom. The number of thiophene rings is 1. The molecule has 0 aliphatic heterocycles. The Kier molecular flexibility index (Phi) is 4.02. The van der Waals surface area contributed by atoms with Gasteiger partial charge < -0.3 is 4.57 Å². The largest absolute Gasteiger partial charge is 0.307 e. The molecule has 0 amide bonds. The SMILES string of the molecule is CCCn1c(-c2cccs2)ccc(CCl)c1=O. The van der Waals surface area contributed by atoms with Gasteiger partial charge in [-0.25, -0.2) is 0 Å². The minimum absolute atomic E-state index is 0.0350. The average molecular weight is 268 g/mol. The van der Waals surface area contributed by atoms with Crippen LogP contribution in [-0.2, 0) is 12.4 Å². The van der Waals surface area contributed by atoms with E-state index in [-0.39, 0.29) is 11.4 Å². The molecule has 0 N–H and O–H groups in total. The van der Waals surface area contributed by atoms with Crippen LogP contribution in [0.4, 0.5) is 0 Å². The van der Waals surface area contributed by atoms with Crippen molar-refractivity contribution in [2.24, 2.45) is 0 Å². The van der Waals surface area contributed by atoms with E-state index in [2.05, 4.69) is 6.92 Å². The maximum atomic E-state index is 12.2. The average Bonchev–Trinajstić information content (AvgIpc) is 2.85. The van der Waals surface area contributed by atoms with E-state index in [0.717, 1.165) is 23.5 Å². The van der Waals surface area contributed by atoms with E-state index < -0.39 is 0 Å². The molecule has 2 aromatic heterocycles. The van der Waals surface area contributed by atoms with Gasteiger partial charge in [0.05, 0.1) is 16.5 Å². The summed E-state index contributed by atoms with van der Waals surface area (Å²) in [5.74, 6) is 0.271. The second-order valence-corrected chi connectivity index (χ2v) is 5.03. The lowest BCUT2D eigenvalue weighted by Gasteiger charge is -2.11. The molecule has 0 aliphatic carbocycles. The molecule has 0 spiro atoms. The van der Waals surface area contributed by atoms with Crippen molar-refractivity contribution in [3.63, 3.8) is 0 Å². The van der Waals surface area contributed by atoms with Crippen LogP contribution in [0.25, 0.3) is 10.6 Å². The molecule has 2 nitrogen and oxygen atoms in total. The van der Waals surface area contributed by atoms with E-state index >= 15 is 0 Å². The molecular formula is C13H14ClNOS. The number of aromatic nitrogens is 1. The third-order valence-corrected chi connectivity index (χ3v) is 3.80. The summed E-state index contributed by atoms with van der Waals surface area (Å²) < 4.78 is 1.82. The van der Waals surface area contributed by atoms with E-state index in [1.165, 1.54) is 0 Å². The first-order chi connectivity index (χ1) is 8.27. The van der Waals surface area contributed by atoms with Crippen LogP contribution in [0, 0.1) is 0 Å². The van der Waals surface area contributed by atoms with Crippen LogP contribution in [0.15, 0.2) is 34.4 Å². The lowest BCUT2D eigenvalue weighted by Crippen LogP contribution is -2.24. The maximum absolute atomic E-state index is 12.2. The molecule has 2 rings (SSSR count). The highest BCUT2D eigenvalue weighted by molar-refractivity contribution is 7.13. The van der Waals surface area contributed by atoms with E-state index in [1.54, 1.807) is 11.3 Å². The number of pyridine rings is 1. The van der Waals surface area contributed by atoms with Crippen LogP contribution in [0.5, 0.6) is 0 Å². The van der Waals surface area contributed by atoms with Gasteiger partial charge in [0.1, 0.15) is 0 Å². The monoisotopic (exact) mass is 267 g/mol. The van der Waals surface area contributed by atoms with Gasteiger partial charge in [0.2, 0.25) is 0 Å².